The summed E-state index contributed by atoms with van der Waals surface area (Å²) in [6, 6.07) is 13.6. The van der Waals surface area contributed by atoms with Crippen LogP contribution in [0.2, 0.25) is 0 Å². The number of nitrogens with zero attached hydrogens (tertiary/aromatic N) is 3. The van der Waals surface area contributed by atoms with Gasteiger partial charge in [-0.05, 0) is 62.0 Å². The van der Waals surface area contributed by atoms with Gasteiger partial charge >= 0.3 is 0 Å². The Balaban J connectivity index is 1.40. The monoisotopic (exact) mass is 348 g/mol. The molecule has 0 saturated heterocycles. The van der Waals surface area contributed by atoms with Crippen molar-refractivity contribution >= 4 is 16.9 Å². The standard InChI is InChI=1S/C22H28N4/c1-2-17(18-6-4-3-5-7-18)10-8-16-9-11-19(14-16)26-13-12-20-21(23)24-15-25-22(20)26/h3-7,12-13,15-17,19H,2,8-11,14H2,1H3,(H2,23,24,25). The molecule has 2 heterocycles. The highest BCUT2D eigenvalue weighted by atomic mass is 15.1. The molecule has 1 saturated carbocycles. The molecule has 3 atom stereocenters. The third-order valence-corrected chi connectivity index (χ3v) is 6.13. The molecule has 4 nitrogen and oxygen atoms in total. The Labute approximate surface area is 155 Å². The molecule has 0 aliphatic heterocycles. The fraction of sp³-hybridized carbons (Fsp3) is 0.455. The van der Waals surface area contributed by atoms with Gasteiger partial charge in [0.15, 0.2) is 0 Å². The summed E-state index contributed by atoms with van der Waals surface area (Å²) in [5.41, 5.74) is 8.46. The fourth-order valence-electron chi connectivity index (χ4n) is 4.62. The molecule has 4 heteroatoms. The van der Waals surface area contributed by atoms with Gasteiger partial charge in [0.1, 0.15) is 17.8 Å². The van der Waals surface area contributed by atoms with E-state index in [-0.39, 0.29) is 0 Å². The van der Waals surface area contributed by atoms with E-state index in [2.05, 4.69) is 64.1 Å². The van der Waals surface area contributed by atoms with Crippen molar-refractivity contribution in [3.05, 3.63) is 54.5 Å². The van der Waals surface area contributed by atoms with Crippen molar-refractivity contribution < 1.29 is 0 Å². The summed E-state index contributed by atoms with van der Waals surface area (Å²) < 4.78 is 2.32. The summed E-state index contributed by atoms with van der Waals surface area (Å²) in [6.07, 6.45) is 11.3. The molecule has 0 radical (unpaired) electrons. The highest BCUT2D eigenvalue weighted by Crippen LogP contribution is 2.40. The Bertz CT molecular complexity index is 855. The van der Waals surface area contributed by atoms with Crippen LogP contribution in [0.4, 0.5) is 5.82 Å². The Morgan fingerprint density at radius 3 is 2.81 bits per heavy atom. The van der Waals surface area contributed by atoms with Crippen molar-refractivity contribution in [1.82, 2.24) is 14.5 Å². The van der Waals surface area contributed by atoms with Crippen LogP contribution >= 0.6 is 0 Å². The van der Waals surface area contributed by atoms with Gasteiger partial charge in [0.25, 0.3) is 0 Å². The highest BCUT2D eigenvalue weighted by Gasteiger charge is 2.27. The van der Waals surface area contributed by atoms with Crippen molar-refractivity contribution in [3.63, 3.8) is 0 Å². The van der Waals surface area contributed by atoms with Crippen LogP contribution < -0.4 is 5.73 Å². The topological polar surface area (TPSA) is 56.7 Å². The van der Waals surface area contributed by atoms with E-state index in [1.165, 1.54) is 44.1 Å². The van der Waals surface area contributed by atoms with Gasteiger partial charge in [-0.1, -0.05) is 37.3 Å². The highest BCUT2D eigenvalue weighted by molar-refractivity contribution is 5.86. The summed E-state index contributed by atoms with van der Waals surface area (Å²) in [5, 5.41) is 0.978. The van der Waals surface area contributed by atoms with Crippen LogP contribution in [0.15, 0.2) is 48.9 Å². The molecule has 1 fully saturated rings. The minimum atomic E-state index is 0.545. The lowest BCUT2D eigenvalue weighted by atomic mass is 9.88. The molecule has 1 aliphatic carbocycles. The number of aromatic nitrogens is 3. The minimum absolute atomic E-state index is 0.545. The van der Waals surface area contributed by atoms with Crippen molar-refractivity contribution in [3.8, 4) is 0 Å². The first-order chi connectivity index (χ1) is 12.8. The van der Waals surface area contributed by atoms with Crippen molar-refractivity contribution in [1.29, 1.82) is 0 Å². The van der Waals surface area contributed by atoms with Gasteiger partial charge in [-0.3, -0.25) is 0 Å². The van der Waals surface area contributed by atoms with Crippen LogP contribution in [0.1, 0.15) is 63.0 Å². The largest absolute Gasteiger partial charge is 0.383 e. The number of hydrogen-bond donors (Lipinski definition) is 1. The molecule has 2 aromatic heterocycles. The molecule has 136 valence electrons. The van der Waals surface area contributed by atoms with Crippen molar-refractivity contribution in [2.75, 3.05) is 5.73 Å². The molecule has 4 rings (SSSR count). The fourth-order valence-corrected chi connectivity index (χ4v) is 4.62. The molecule has 0 spiro atoms. The Morgan fingerprint density at radius 2 is 2.00 bits per heavy atom. The SMILES string of the molecule is CCC(CCC1CCC(n2ccc3c(N)ncnc32)C1)c1ccccc1. The molecule has 0 bridgehead atoms. The van der Waals surface area contributed by atoms with E-state index in [0.717, 1.165) is 17.0 Å². The number of fused-ring (bicyclic) bond motifs is 1. The predicted octanol–water partition coefficient (Wildman–Crippen LogP) is 5.33. The molecule has 1 aliphatic rings. The summed E-state index contributed by atoms with van der Waals surface area (Å²) in [5.74, 6) is 2.08. The van der Waals surface area contributed by atoms with Gasteiger partial charge in [-0.25, -0.2) is 9.97 Å². The van der Waals surface area contributed by atoms with Crippen molar-refractivity contribution in [2.45, 2.75) is 57.4 Å². The van der Waals surface area contributed by atoms with E-state index >= 15 is 0 Å². The van der Waals surface area contributed by atoms with E-state index in [0.29, 0.717) is 17.8 Å². The number of hydrogen-bond acceptors (Lipinski definition) is 3. The summed E-state index contributed by atoms with van der Waals surface area (Å²) >= 11 is 0. The molecule has 26 heavy (non-hydrogen) atoms. The third-order valence-electron chi connectivity index (χ3n) is 6.13. The maximum atomic E-state index is 5.98. The number of nitrogens with two attached hydrogens (primary N) is 1. The minimum Gasteiger partial charge on any atom is -0.383 e. The van der Waals surface area contributed by atoms with Gasteiger partial charge < -0.3 is 10.3 Å². The van der Waals surface area contributed by atoms with E-state index in [1.807, 2.05) is 0 Å². The second kappa shape index (κ2) is 7.48. The Hall–Kier alpha value is -2.36. The molecule has 3 unspecified atom stereocenters. The third kappa shape index (κ3) is 3.33. The average Bonchev–Trinajstić information content (AvgIpc) is 3.30. The first-order valence-electron chi connectivity index (χ1n) is 9.88. The van der Waals surface area contributed by atoms with Crippen LogP contribution in [0.25, 0.3) is 11.0 Å². The first-order valence-corrected chi connectivity index (χ1v) is 9.88. The summed E-state index contributed by atoms with van der Waals surface area (Å²) in [4.78, 5) is 8.57. The molecule has 1 aromatic carbocycles. The number of rotatable bonds is 6. The second-order valence-corrected chi connectivity index (χ2v) is 7.65. The van der Waals surface area contributed by atoms with Gasteiger partial charge in [0, 0.05) is 12.2 Å². The zero-order chi connectivity index (χ0) is 17.9. The number of anilines is 1. The van der Waals surface area contributed by atoms with Crippen LogP contribution in [0, 0.1) is 5.92 Å². The van der Waals surface area contributed by atoms with Crippen LogP contribution in [-0.4, -0.2) is 14.5 Å². The predicted molar refractivity (Wildman–Crippen MR) is 107 cm³/mol. The van der Waals surface area contributed by atoms with Gasteiger partial charge in [-0.2, -0.15) is 0 Å². The van der Waals surface area contributed by atoms with Crippen LogP contribution in [-0.2, 0) is 0 Å². The van der Waals surface area contributed by atoms with E-state index in [9.17, 15) is 0 Å². The number of benzene rings is 1. The Morgan fingerprint density at radius 1 is 1.15 bits per heavy atom. The van der Waals surface area contributed by atoms with E-state index in [1.54, 1.807) is 6.33 Å². The first kappa shape index (κ1) is 17.1. The smallest absolute Gasteiger partial charge is 0.145 e. The molecule has 2 N–H and O–H groups in total. The molecule has 0 amide bonds. The van der Waals surface area contributed by atoms with Gasteiger partial charge in [0.05, 0.1) is 5.39 Å². The molecular formula is C22H28N4. The summed E-state index contributed by atoms with van der Waals surface area (Å²) in [7, 11) is 0. The lowest BCUT2D eigenvalue weighted by Crippen LogP contribution is -2.06. The van der Waals surface area contributed by atoms with Crippen LogP contribution in [0.3, 0.4) is 0 Å². The summed E-state index contributed by atoms with van der Waals surface area (Å²) in [6.45, 7) is 2.31. The molecular weight excluding hydrogens is 320 g/mol. The zero-order valence-electron chi connectivity index (χ0n) is 15.5. The van der Waals surface area contributed by atoms with Crippen LogP contribution in [0.5, 0.6) is 0 Å². The molecule has 3 aromatic rings. The zero-order valence-corrected chi connectivity index (χ0v) is 15.5. The Kier molecular flexibility index (Phi) is 4.91. The second-order valence-electron chi connectivity index (χ2n) is 7.65. The normalized spacial score (nSPS) is 21.3. The maximum Gasteiger partial charge on any atom is 0.145 e. The van der Waals surface area contributed by atoms with Gasteiger partial charge in [-0.15, -0.1) is 0 Å². The van der Waals surface area contributed by atoms with Crippen molar-refractivity contribution in [2.24, 2.45) is 5.92 Å². The lowest BCUT2D eigenvalue weighted by Gasteiger charge is -2.18. The van der Waals surface area contributed by atoms with E-state index in [4.69, 9.17) is 5.73 Å². The maximum absolute atomic E-state index is 5.98. The lowest BCUT2D eigenvalue weighted by molar-refractivity contribution is 0.424. The number of nitrogen functional groups attached to an aromatic ring is 1. The van der Waals surface area contributed by atoms with Gasteiger partial charge in [0.2, 0.25) is 0 Å². The quantitative estimate of drug-likeness (QED) is 0.655. The van der Waals surface area contributed by atoms with E-state index < -0.39 is 0 Å². The average molecular weight is 348 g/mol.